The topological polar surface area (TPSA) is 39.1 Å². The number of methoxy groups -OCH3 is 1. The van der Waals surface area contributed by atoms with Crippen LogP contribution in [0, 0.1) is 5.92 Å². The second-order valence-corrected chi connectivity index (χ2v) is 5.69. The second kappa shape index (κ2) is 7.84. The molecule has 1 N–H and O–H groups in total. The van der Waals surface area contributed by atoms with Gasteiger partial charge < -0.3 is 10.1 Å². The first-order valence-electron chi connectivity index (χ1n) is 7.57. The Labute approximate surface area is 127 Å². The number of hydrogen-bond donors (Lipinski definition) is 1. The summed E-state index contributed by atoms with van der Waals surface area (Å²) in [5, 5.41) is 7.89. The zero-order chi connectivity index (χ0) is 15.1. The van der Waals surface area contributed by atoms with Gasteiger partial charge in [-0.05, 0) is 61.7 Å². The van der Waals surface area contributed by atoms with Gasteiger partial charge in [0, 0.05) is 6.20 Å². The maximum atomic E-state index is 5.17. The number of rotatable bonds is 8. The van der Waals surface area contributed by atoms with E-state index in [2.05, 4.69) is 30.5 Å². The maximum Gasteiger partial charge on any atom is 0.119 e. The minimum Gasteiger partial charge on any atom is -0.497 e. The Morgan fingerprint density at radius 3 is 2.67 bits per heavy atom. The molecule has 0 fully saturated rings. The van der Waals surface area contributed by atoms with Crippen LogP contribution >= 0.6 is 0 Å². The molecule has 0 aliphatic carbocycles. The Hall–Kier alpha value is -1.81. The molecule has 2 rings (SSSR count). The predicted octanol–water partition coefficient (Wildman–Crippen LogP) is 3.06. The lowest BCUT2D eigenvalue weighted by atomic mass is 10.2. The van der Waals surface area contributed by atoms with E-state index >= 15 is 0 Å². The highest BCUT2D eigenvalue weighted by atomic mass is 16.5. The van der Waals surface area contributed by atoms with Gasteiger partial charge in [-0.1, -0.05) is 13.8 Å². The monoisotopic (exact) mass is 287 g/mol. The minimum atomic E-state index is 0.711. The van der Waals surface area contributed by atoms with Gasteiger partial charge in [-0.3, -0.25) is 0 Å². The summed E-state index contributed by atoms with van der Waals surface area (Å²) < 4.78 is 7.08. The molecule has 0 unspecified atom stereocenters. The Bertz CT molecular complexity index is 531. The average Bonchev–Trinajstić information content (AvgIpc) is 2.95. The third kappa shape index (κ3) is 4.90. The molecule has 0 bridgehead atoms. The summed E-state index contributed by atoms with van der Waals surface area (Å²) in [5.41, 5.74) is 2.33. The van der Waals surface area contributed by atoms with Crippen molar-refractivity contribution in [3.8, 4) is 11.4 Å². The van der Waals surface area contributed by atoms with Crippen LogP contribution in [0.3, 0.4) is 0 Å². The van der Waals surface area contributed by atoms with Gasteiger partial charge in [-0.15, -0.1) is 0 Å². The van der Waals surface area contributed by atoms with E-state index in [1.165, 1.54) is 5.56 Å². The molecule has 4 heteroatoms. The van der Waals surface area contributed by atoms with E-state index in [-0.39, 0.29) is 0 Å². The van der Waals surface area contributed by atoms with Crippen molar-refractivity contribution in [2.24, 2.45) is 5.92 Å². The van der Waals surface area contributed by atoms with Crippen molar-refractivity contribution in [2.45, 2.75) is 26.7 Å². The van der Waals surface area contributed by atoms with Gasteiger partial charge in [-0.2, -0.15) is 5.10 Å². The molecule has 0 radical (unpaired) electrons. The van der Waals surface area contributed by atoms with Crippen molar-refractivity contribution in [3.63, 3.8) is 0 Å². The van der Waals surface area contributed by atoms with E-state index in [1.54, 1.807) is 7.11 Å². The highest BCUT2D eigenvalue weighted by molar-refractivity contribution is 5.37. The molecular formula is C17H25N3O. The lowest BCUT2D eigenvalue weighted by Gasteiger charge is -2.06. The lowest BCUT2D eigenvalue weighted by Crippen LogP contribution is -2.20. The largest absolute Gasteiger partial charge is 0.497 e. The van der Waals surface area contributed by atoms with Gasteiger partial charge in [0.25, 0.3) is 0 Å². The van der Waals surface area contributed by atoms with E-state index in [9.17, 15) is 0 Å². The quantitative estimate of drug-likeness (QED) is 0.758. The maximum absolute atomic E-state index is 5.17. The summed E-state index contributed by atoms with van der Waals surface area (Å²) in [5.74, 6) is 1.57. The molecule has 1 aromatic carbocycles. The second-order valence-electron chi connectivity index (χ2n) is 5.69. The van der Waals surface area contributed by atoms with Crippen LogP contribution in [0.5, 0.6) is 5.75 Å². The van der Waals surface area contributed by atoms with E-state index in [4.69, 9.17) is 4.74 Å². The van der Waals surface area contributed by atoms with E-state index in [1.807, 2.05) is 35.1 Å². The molecule has 114 valence electrons. The molecule has 0 saturated heterocycles. The Morgan fingerprint density at radius 2 is 2.00 bits per heavy atom. The Morgan fingerprint density at radius 1 is 1.24 bits per heavy atom. The molecular weight excluding hydrogens is 262 g/mol. The summed E-state index contributed by atoms with van der Waals surface area (Å²) in [4.78, 5) is 0. The van der Waals surface area contributed by atoms with Gasteiger partial charge in [0.05, 0.1) is 19.0 Å². The highest BCUT2D eigenvalue weighted by Crippen LogP contribution is 2.15. The van der Waals surface area contributed by atoms with Gasteiger partial charge >= 0.3 is 0 Å². The van der Waals surface area contributed by atoms with Gasteiger partial charge in [0.1, 0.15) is 5.75 Å². The first-order valence-corrected chi connectivity index (χ1v) is 7.57. The van der Waals surface area contributed by atoms with Crippen LogP contribution in [0.15, 0.2) is 36.7 Å². The molecule has 0 saturated carbocycles. The smallest absolute Gasteiger partial charge is 0.119 e. The lowest BCUT2D eigenvalue weighted by molar-refractivity contribution is 0.414. The third-order valence-electron chi connectivity index (χ3n) is 3.34. The van der Waals surface area contributed by atoms with Crippen LogP contribution in [0.25, 0.3) is 5.69 Å². The van der Waals surface area contributed by atoms with Crippen molar-refractivity contribution in [1.82, 2.24) is 15.1 Å². The fourth-order valence-electron chi connectivity index (χ4n) is 2.17. The number of aryl methyl sites for hydroxylation is 1. The highest BCUT2D eigenvalue weighted by Gasteiger charge is 2.02. The number of aromatic nitrogens is 2. The molecule has 0 amide bonds. The van der Waals surface area contributed by atoms with Crippen LogP contribution in [-0.4, -0.2) is 30.0 Å². The normalized spacial score (nSPS) is 11.0. The SMILES string of the molecule is COc1ccc(-n2cc(CCCNCC(C)C)cn2)cc1. The number of hydrogen-bond acceptors (Lipinski definition) is 3. The number of ether oxygens (including phenoxy) is 1. The van der Waals surface area contributed by atoms with Crippen molar-refractivity contribution >= 4 is 0 Å². The fraction of sp³-hybridized carbons (Fsp3) is 0.471. The number of benzene rings is 1. The van der Waals surface area contributed by atoms with Crippen LogP contribution in [-0.2, 0) is 6.42 Å². The molecule has 2 aromatic rings. The summed E-state index contributed by atoms with van der Waals surface area (Å²) in [6.45, 7) is 6.61. The van der Waals surface area contributed by atoms with E-state index in [0.717, 1.165) is 37.4 Å². The van der Waals surface area contributed by atoms with E-state index < -0.39 is 0 Å². The van der Waals surface area contributed by atoms with Crippen molar-refractivity contribution in [1.29, 1.82) is 0 Å². The standard InChI is InChI=1S/C17H25N3O/c1-14(2)11-18-10-4-5-15-12-19-20(13-15)16-6-8-17(21-3)9-7-16/h6-9,12-14,18H,4-5,10-11H2,1-3H3. The molecule has 4 nitrogen and oxygen atoms in total. The zero-order valence-corrected chi connectivity index (χ0v) is 13.2. The van der Waals surface area contributed by atoms with Crippen LogP contribution < -0.4 is 10.1 Å². The van der Waals surface area contributed by atoms with Gasteiger partial charge in [0.15, 0.2) is 0 Å². The van der Waals surface area contributed by atoms with E-state index in [0.29, 0.717) is 5.92 Å². The minimum absolute atomic E-state index is 0.711. The van der Waals surface area contributed by atoms with Crippen molar-refractivity contribution in [3.05, 3.63) is 42.2 Å². The molecule has 1 aromatic heterocycles. The Balaban J connectivity index is 1.83. The molecule has 0 atom stereocenters. The number of nitrogens with one attached hydrogen (secondary N) is 1. The summed E-state index contributed by atoms with van der Waals surface area (Å²) in [7, 11) is 1.67. The first-order chi connectivity index (χ1) is 10.2. The van der Waals surface area contributed by atoms with Gasteiger partial charge in [0.2, 0.25) is 0 Å². The third-order valence-corrected chi connectivity index (χ3v) is 3.34. The van der Waals surface area contributed by atoms with Crippen molar-refractivity contribution in [2.75, 3.05) is 20.2 Å². The average molecular weight is 287 g/mol. The molecule has 0 spiro atoms. The van der Waals surface area contributed by atoms with Crippen molar-refractivity contribution < 1.29 is 4.74 Å². The van der Waals surface area contributed by atoms with Crippen LogP contribution in [0.1, 0.15) is 25.8 Å². The summed E-state index contributed by atoms with van der Waals surface area (Å²) in [6, 6.07) is 7.93. The zero-order valence-electron chi connectivity index (χ0n) is 13.2. The van der Waals surface area contributed by atoms with Gasteiger partial charge in [-0.25, -0.2) is 4.68 Å². The molecule has 0 aliphatic heterocycles. The summed E-state index contributed by atoms with van der Waals surface area (Å²) in [6.07, 6.45) is 6.25. The number of nitrogens with zero attached hydrogens (tertiary/aromatic N) is 2. The molecule has 1 heterocycles. The Kier molecular flexibility index (Phi) is 5.81. The predicted molar refractivity (Wildman–Crippen MR) is 86.1 cm³/mol. The molecule has 21 heavy (non-hydrogen) atoms. The molecule has 0 aliphatic rings. The first kappa shape index (κ1) is 15.6. The summed E-state index contributed by atoms with van der Waals surface area (Å²) >= 11 is 0. The van der Waals surface area contributed by atoms with Crippen LogP contribution in [0.4, 0.5) is 0 Å². The van der Waals surface area contributed by atoms with Crippen LogP contribution in [0.2, 0.25) is 0 Å². The fourth-order valence-corrected chi connectivity index (χ4v) is 2.17.